The van der Waals surface area contributed by atoms with Crippen molar-refractivity contribution in [3.05, 3.63) is 29.8 Å². The molecular weight excluding hydrogens is 348 g/mol. The van der Waals surface area contributed by atoms with E-state index < -0.39 is 39.9 Å². The molecule has 0 saturated carbocycles. The lowest BCUT2D eigenvalue weighted by Crippen LogP contribution is -2.49. The molecule has 0 saturated heterocycles. The van der Waals surface area contributed by atoms with Gasteiger partial charge in [0.1, 0.15) is 0 Å². The van der Waals surface area contributed by atoms with Crippen molar-refractivity contribution in [1.29, 1.82) is 0 Å². The number of rotatable bonds is 5. The van der Waals surface area contributed by atoms with E-state index in [1.54, 1.807) is 20.8 Å². The van der Waals surface area contributed by atoms with Crippen molar-refractivity contribution in [1.82, 2.24) is 10.6 Å². The van der Waals surface area contributed by atoms with Crippen LogP contribution in [0.1, 0.15) is 38.1 Å². The molecule has 0 fully saturated rings. The summed E-state index contributed by atoms with van der Waals surface area (Å²) in [6.07, 6.45) is 0. The summed E-state index contributed by atoms with van der Waals surface area (Å²) in [7, 11) is -3.62. The fourth-order valence-electron chi connectivity index (χ4n) is 1.81. The highest BCUT2D eigenvalue weighted by Gasteiger charge is 2.22. The number of amides is 3. The molecule has 1 aromatic carbocycles. The summed E-state index contributed by atoms with van der Waals surface area (Å²) in [4.78, 5) is 35.1. The molecule has 0 aliphatic heterocycles. The third-order valence-electron chi connectivity index (χ3n) is 2.90. The van der Waals surface area contributed by atoms with Gasteiger partial charge in [0.05, 0.1) is 16.2 Å². The maximum absolute atomic E-state index is 12.1. The van der Waals surface area contributed by atoms with Gasteiger partial charge in [0.25, 0.3) is 5.91 Å². The Morgan fingerprint density at radius 1 is 1.12 bits per heavy atom. The van der Waals surface area contributed by atoms with Gasteiger partial charge in [-0.15, -0.1) is 0 Å². The molecular formula is C16H22N2O6S. The molecule has 2 N–H and O–H groups in total. The summed E-state index contributed by atoms with van der Waals surface area (Å²) in [5, 5.41) is 4.53. The first-order chi connectivity index (χ1) is 11.5. The first-order valence-electron chi connectivity index (χ1n) is 7.57. The molecule has 0 bridgehead atoms. The zero-order valence-electron chi connectivity index (χ0n) is 14.6. The van der Waals surface area contributed by atoms with E-state index in [1.807, 2.05) is 5.32 Å². The quantitative estimate of drug-likeness (QED) is 0.753. The van der Waals surface area contributed by atoms with Crippen molar-refractivity contribution >= 4 is 27.7 Å². The van der Waals surface area contributed by atoms with Crippen molar-refractivity contribution in [3.8, 4) is 0 Å². The van der Waals surface area contributed by atoms with Gasteiger partial charge in [0.2, 0.25) is 0 Å². The lowest BCUT2D eigenvalue weighted by atomic mass is 10.1. The Hall–Kier alpha value is -2.42. The van der Waals surface area contributed by atoms with Crippen LogP contribution >= 0.6 is 0 Å². The van der Waals surface area contributed by atoms with Gasteiger partial charge in [-0.05, 0) is 32.9 Å². The number of hydrogen-bond acceptors (Lipinski definition) is 6. The highest BCUT2D eigenvalue weighted by atomic mass is 32.2. The van der Waals surface area contributed by atoms with Crippen molar-refractivity contribution in [2.45, 2.75) is 38.1 Å². The Bertz CT molecular complexity index is 765. The van der Waals surface area contributed by atoms with Gasteiger partial charge in [0.15, 0.2) is 16.4 Å². The minimum absolute atomic E-state index is 0.156. The predicted octanol–water partition coefficient (Wildman–Crippen LogP) is 1.26. The van der Waals surface area contributed by atoms with E-state index >= 15 is 0 Å². The number of nitrogens with one attached hydrogen (secondary N) is 2. The van der Waals surface area contributed by atoms with Crippen molar-refractivity contribution in [3.63, 3.8) is 0 Å². The zero-order chi connectivity index (χ0) is 19.3. The molecule has 138 valence electrons. The minimum atomic E-state index is -3.62. The van der Waals surface area contributed by atoms with Crippen molar-refractivity contribution in [2.24, 2.45) is 0 Å². The topological polar surface area (TPSA) is 119 Å². The molecule has 8 nitrogen and oxygen atoms in total. The monoisotopic (exact) mass is 370 g/mol. The van der Waals surface area contributed by atoms with E-state index in [0.29, 0.717) is 0 Å². The molecule has 9 heteroatoms. The van der Waals surface area contributed by atoms with Crippen LogP contribution in [0.5, 0.6) is 0 Å². The number of hydrogen-bond donors (Lipinski definition) is 2. The SMILES string of the molecule is CCS(=O)(=O)c1ccccc1C(=O)OCC(=O)NC(=O)NC(C)(C)C. The molecule has 0 aromatic heterocycles. The number of carbonyl (C=O) groups excluding carboxylic acids is 3. The fraction of sp³-hybridized carbons (Fsp3) is 0.438. The first kappa shape index (κ1) is 20.6. The summed E-state index contributed by atoms with van der Waals surface area (Å²) in [6.45, 7) is 5.96. The van der Waals surface area contributed by atoms with Crippen LogP contribution in [0, 0.1) is 0 Å². The van der Waals surface area contributed by atoms with Crippen LogP contribution in [0.3, 0.4) is 0 Å². The van der Waals surface area contributed by atoms with Crippen LogP contribution in [0.4, 0.5) is 4.79 Å². The lowest BCUT2D eigenvalue weighted by molar-refractivity contribution is -0.123. The van der Waals surface area contributed by atoms with Crippen LogP contribution in [0.2, 0.25) is 0 Å². The average Bonchev–Trinajstić information content (AvgIpc) is 2.50. The molecule has 0 radical (unpaired) electrons. The summed E-state index contributed by atoms with van der Waals surface area (Å²) in [6, 6.07) is 4.86. The number of urea groups is 1. The second-order valence-corrected chi connectivity index (χ2v) is 8.47. The Morgan fingerprint density at radius 3 is 2.28 bits per heavy atom. The van der Waals surface area contributed by atoms with Crippen LogP contribution in [0.25, 0.3) is 0 Å². The molecule has 25 heavy (non-hydrogen) atoms. The number of imide groups is 1. The van der Waals surface area contributed by atoms with E-state index in [1.165, 1.54) is 31.2 Å². The Labute approximate surface area is 146 Å². The molecule has 0 unspecified atom stereocenters. The molecule has 0 atom stereocenters. The zero-order valence-corrected chi connectivity index (χ0v) is 15.4. The van der Waals surface area contributed by atoms with Gasteiger partial charge in [-0.3, -0.25) is 10.1 Å². The standard InChI is InChI=1S/C16H22N2O6S/c1-5-25(22,23)12-9-7-6-8-11(12)14(20)24-10-13(19)17-15(21)18-16(2,3)4/h6-9H,5,10H2,1-4H3,(H2,17,18,19,21). The summed E-state index contributed by atoms with van der Waals surface area (Å²) in [5.41, 5.74) is -0.689. The Balaban J connectivity index is 2.73. The van der Waals surface area contributed by atoms with E-state index in [0.717, 1.165) is 0 Å². The lowest BCUT2D eigenvalue weighted by Gasteiger charge is -2.20. The smallest absolute Gasteiger partial charge is 0.339 e. The summed E-state index contributed by atoms with van der Waals surface area (Å²) < 4.78 is 28.8. The van der Waals surface area contributed by atoms with Crippen molar-refractivity contribution < 1.29 is 27.5 Å². The minimum Gasteiger partial charge on any atom is -0.452 e. The largest absolute Gasteiger partial charge is 0.452 e. The molecule has 3 amide bonds. The van der Waals surface area contributed by atoms with E-state index in [2.05, 4.69) is 5.32 Å². The van der Waals surface area contributed by atoms with Gasteiger partial charge >= 0.3 is 12.0 Å². The maximum atomic E-state index is 12.1. The highest BCUT2D eigenvalue weighted by Crippen LogP contribution is 2.17. The van der Waals surface area contributed by atoms with Crippen LogP contribution < -0.4 is 10.6 Å². The summed E-state index contributed by atoms with van der Waals surface area (Å²) >= 11 is 0. The molecule has 1 aromatic rings. The number of benzene rings is 1. The summed E-state index contributed by atoms with van der Waals surface area (Å²) in [5.74, 6) is -1.96. The molecule has 1 rings (SSSR count). The van der Waals surface area contributed by atoms with E-state index in [4.69, 9.17) is 4.74 Å². The maximum Gasteiger partial charge on any atom is 0.339 e. The highest BCUT2D eigenvalue weighted by molar-refractivity contribution is 7.91. The van der Waals surface area contributed by atoms with Gasteiger partial charge in [-0.1, -0.05) is 19.1 Å². The van der Waals surface area contributed by atoms with E-state index in [9.17, 15) is 22.8 Å². The molecule has 0 aliphatic rings. The second kappa shape index (κ2) is 8.11. The molecule has 0 spiro atoms. The number of sulfone groups is 1. The second-order valence-electron chi connectivity index (χ2n) is 6.23. The van der Waals surface area contributed by atoms with Gasteiger partial charge < -0.3 is 10.1 Å². The van der Waals surface area contributed by atoms with E-state index in [-0.39, 0.29) is 16.2 Å². The normalized spacial score (nSPS) is 11.5. The van der Waals surface area contributed by atoms with Crippen LogP contribution in [-0.4, -0.2) is 44.2 Å². The van der Waals surface area contributed by atoms with Gasteiger partial charge in [0, 0.05) is 5.54 Å². The molecule has 0 aliphatic carbocycles. The van der Waals surface area contributed by atoms with Gasteiger partial charge in [-0.25, -0.2) is 18.0 Å². The Morgan fingerprint density at radius 2 is 1.72 bits per heavy atom. The number of ether oxygens (including phenoxy) is 1. The number of esters is 1. The first-order valence-corrected chi connectivity index (χ1v) is 9.22. The Kier molecular flexibility index (Phi) is 6.69. The predicted molar refractivity (Wildman–Crippen MR) is 90.9 cm³/mol. The van der Waals surface area contributed by atoms with Crippen LogP contribution in [0.15, 0.2) is 29.2 Å². The fourth-order valence-corrected chi connectivity index (χ4v) is 2.89. The third-order valence-corrected chi connectivity index (χ3v) is 4.68. The van der Waals surface area contributed by atoms with Crippen molar-refractivity contribution in [2.75, 3.05) is 12.4 Å². The van der Waals surface area contributed by atoms with Crippen LogP contribution in [-0.2, 0) is 19.4 Å². The third kappa shape index (κ3) is 6.54. The number of carbonyl (C=O) groups is 3. The molecule has 0 heterocycles. The average molecular weight is 370 g/mol. The van der Waals surface area contributed by atoms with Gasteiger partial charge in [-0.2, -0.15) is 0 Å².